The number of hydrogen-bond donors (Lipinski definition) is 1. The van der Waals surface area contributed by atoms with E-state index in [0.29, 0.717) is 11.5 Å². The molecular weight excluding hydrogens is 170 g/mol. The van der Waals surface area contributed by atoms with Crippen molar-refractivity contribution in [3.05, 3.63) is 12.0 Å². The third-order valence-electron chi connectivity index (χ3n) is 2.28. The summed E-state index contributed by atoms with van der Waals surface area (Å²) >= 11 is 0. The maximum Gasteiger partial charge on any atom is 0.238 e. The van der Waals surface area contributed by atoms with Crippen LogP contribution >= 0.6 is 0 Å². The Labute approximate surface area is 74.8 Å². The van der Waals surface area contributed by atoms with Gasteiger partial charge in [-0.25, -0.2) is 4.98 Å². The predicted molar refractivity (Wildman–Crippen MR) is 45.5 cm³/mol. The molecule has 2 heterocycles. The topological polar surface area (TPSA) is 66.1 Å². The minimum absolute atomic E-state index is 0.185. The van der Waals surface area contributed by atoms with E-state index in [2.05, 4.69) is 9.97 Å². The number of carbonyl (C=O) groups is 2. The number of H-pyrrole nitrogens is 1. The van der Waals surface area contributed by atoms with Crippen LogP contribution in [0.25, 0.3) is 0 Å². The first-order valence-corrected chi connectivity index (χ1v) is 3.98. The van der Waals surface area contributed by atoms with Gasteiger partial charge in [-0.15, -0.1) is 0 Å². The van der Waals surface area contributed by atoms with Crippen LogP contribution < -0.4 is 4.90 Å². The zero-order valence-electron chi connectivity index (χ0n) is 7.37. The number of aromatic nitrogens is 2. The standard InChI is InChI=1S/C8H9N3O2/c1-4-6(12)5-7(10-3-9-5)11(2)8(4)13/h3-4H,1-2H3,(H,9,10). The monoisotopic (exact) mass is 179 g/mol. The Bertz CT molecular complexity index is 382. The van der Waals surface area contributed by atoms with Crippen LogP contribution in [0.15, 0.2) is 6.33 Å². The third-order valence-corrected chi connectivity index (χ3v) is 2.28. The first-order chi connectivity index (χ1) is 6.13. The van der Waals surface area contributed by atoms with E-state index in [1.807, 2.05) is 0 Å². The molecule has 1 aliphatic rings. The van der Waals surface area contributed by atoms with E-state index in [1.54, 1.807) is 14.0 Å². The summed E-state index contributed by atoms with van der Waals surface area (Å²) in [6.45, 7) is 1.60. The summed E-state index contributed by atoms with van der Waals surface area (Å²) in [6, 6.07) is 0. The van der Waals surface area contributed by atoms with Crippen molar-refractivity contribution in [1.82, 2.24) is 9.97 Å². The molecule has 68 valence electrons. The number of imidazole rings is 1. The lowest BCUT2D eigenvalue weighted by molar-refractivity contribution is -0.120. The molecule has 0 radical (unpaired) electrons. The molecule has 1 N–H and O–H groups in total. The lowest BCUT2D eigenvalue weighted by atomic mass is 9.98. The molecule has 13 heavy (non-hydrogen) atoms. The van der Waals surface area contributed by atoms with Gasteiger partial charge in [-0.05, 0) is 6.92 Å². The number of nitrogens with one attached hydrogen (secondary N) is 1. The van der Waals surface area contributed by atoms with Gasteiger partial charge in [-0.2, -0.15) is 0 Å². The molecule has 0 spiro atoms. The van der Waals surface area contributed by atoms with Gasteiger partial charge in [-0.3, -0.25) is 14.5 Å². The van der Waals surface area contributed by atoms with Gasteiger partial charge < -0.3 is 4.98 Å². The number of carbonyl (C=O) groups excluding carboxylic acids is 2. The van der Waals surface area contributed by atoms with Crippen molar-refractivity contribution < 1.29 is 9.59 Å². The average Bonchev–Trinajstić information content (AvgIpc) is 2.59. The summed E-state index contributed by atoms with van der Waals surface area (Å²) < 4.78 is 0. The van der Waals surface area contributed by atoms with Gasteiger partial charge in [-0.1, -0.05) is 0 Å². The summed E-state index contributed by atoms with van der Waals surface area (Å²) in [6.07, 6.45) is 1.42. The van der Waals surface area contributed by atoms with E-state index >= 15 is 0 Å². The summed E-state index contributed by atoms with van der Waals surface area (Å²) in [7, 11) is 1.62. The van der Waals surface area contributed by atoms with E-state index in [9.17, 15) is 9.59 Å². The fourth-order valence-electron chi connectivity index (χ4n) is 1.45. The van der Waals surface area contributed by atoms with Gasteiger partial charge in [0.15, 0.2) is 11.6 Å². The fourth-order valence-corrected chi connectivity index (χ4v) is 1.45. The maximum absolute atomic E-state index is 11.5. The number of nitrogens with zero attached hydrogens (tertiary/aromatic N) is 2. The van der Waals surface area contributed by atoms with Crippen molar-refractivity contribution in [2.24, 2.45) is 5.92 Å². The number of hydrogen-bond acceptors (Lipinski definition) is 3. The highest BCUT2D eigenvalue weighted by Gasteiger charge is 2.36. The minimum Gasteiger partial charge on any atom is -0.340 e. The lowest BCUT2D eigenvalue weighted by Crippen LogP contribution is -2.41. The van der Waals surface area contributed by atoms with Crippen LogP contribution in [0.4, 0.5) is 5.82 Å². The first-order valence-electron chi connectivity index (χ1n) is 3.98. The van der Waals surface area contributed by atoms with Crippen LogP contribution in [0.3, 0.4) is 0 Å². The molecule has 1 aromatic heterocycles. The quantitative estimate of drug-likeness (QED) is 0.579. The van der Waals surface area contributed by atoms with Crippen LogP contribution in [0.1, 0.15) is 17.4 Å². The molecule has 0 bridgehead atoms. The van der Waals surface area contributed by atoms with Crippen molar-refractivity contribution in [2.75, 3.05) is 11.9 Å². The molecule has 1 aliphatic heterocycles. The van der Waals surface area contributed by atoms with Crippen molar-refractivity contribution >= 4 is 17.5 Å². The molecule has 1 aromatic rings. The van der Waals surface area contributed by atoms with Gasteiger partial charge in [0.1, 0.15) is 11.6 Å². The summed E-state index contributed by atoms with van der Waals surface area (Å²) in [5, 5.41) is 0. The number of aromatic amines is 1. The number of amides is 1. The van der Waals surface area contributed by atoms with Crippen LogP contribution in [-0.2, 0) is 4.79 Å². The Kier molecular flexibility index (Phi) is 1.48. The Morgan fingerprint density at radius 1 is 1.54 bits per heavy atom. The highest BCUT2D eigenvalue weighted by molar-refractivity contribution is 6.19. The van der Waals surface area contributed by atoms with Crippen molar-refractivity contribution in [3.63, 3.8) is 0 Å². The molecule has 0 fully saturated rings. The Morgan fingerprint density at radius 3 is 2.92 bits per heavy atom. The van der Waals surface area contributed by atoms with E-state index in [4.69, 9.17) is 0 Å². The third kappa shape index (κ3) is 0.898. The molecule has 5 nitrogen and oxygen atoms in total. The van der Waals surface area contributed by atoms with E-state index in [-0.39, 0.29) is 11.7 Å². The fraction of sp³-hybridized carbons (Fsp3) is 0.375. The van der Waals surface area contributed by atoms with Crippen LogP contribution in [-0.4, -0.2) is 28.7 Å². The molecule has 0 aromatic carbocycles. The SMILES string of the molecule is CC1C(=O)c2[nH]cnc2N(C)C1=O. The second-order valence-electron chi connectivity index (χ2n) is 3.08. The molecule has 0 aliphatic carbocycles. The molecule has 0 saturated heterocycles. The molecule has 1 amide bonds. The lowest BCUT2D eigenvalue weighted by Gasteiger charge is -2.24. The van der Waals surface area contributed by atoms with Crippen molar-refractivity contribution in [2.45, 2.75) is 6.92 Å². The maximum atomic E-state index is 11.5. The van der Waals surface area contributed by atoms with Crippen LogP contribution in [0, 0.1) is 5.92 Å². The summed E-state index contributed by atoms with van der Waals surface area (Å²) in [5.41, 5.74) is 0.426. The van der Waals surface area contributed by atoms with Crippen LogP contribution in [0.5, 0.6) is 0 Å². The Morgan fingerprint density at radius 2 is 2.23 bits per heavy atom. The largest absolute Gasteiger partial charge is 0.340 e. The summed E-state index contributed by atoms with van der Waals surface area (Å²) in [5.74, 6) is -0.564. The Balaban J connectivity index is 2.59. The normalized spacial score (nSPS) is 22.0. The van der Waals surface area contributed by atoms with Crippen LogP contribution in [0.2, 0.25) is 0 Å². The molecule has 0 saturated carbocycles. The second kappa shape index (κ2) is 2.42. The highest BCUT2D eigenvalue weighted by atomic mass is 16.2. The Hall–Kier alpha value is -1.65. The van der Waals surface area contributed by atoms with Gasteiger partial charge in [0.2, 0.25) is 5.91 Å². The number of fused-ring (bicyclic) bond motifs is 1. The number of ketones is 1. The average molecular weight is 179 g/mol. The summed E-state index contributed by atoms with van der Waals surface area (Å²) in [4.78, 5) is 31.0. The number of rotatable bonds is 0. The highest BCUT2D eigenvalue weighted by Crippen LogP contribution is 2.25. The van der Waals surface area contributed by atoms with Gasteiger partial charge >= 0.3 is 0 Å². The molecule has 1 unspecified atom stereocenters. The zero-order chi connectivity index (χ0) is 9.59. The van der Waals surface area contributed by atoms with E-state index in [0.717, 1.165) is 0 Å². The smallest absolute Gasteiger partial charge is 0.238 e. The molecular formula is C8H9N3O2. The second-order valence-corrected chi connectivity index (χ2v) is 3.08. The van der Waals surface area contributed by atoms with Crippen molar-refractivity contribution in [3.8, 4) is 0 Å². The van der Waals surface area contributed by atoms with E-state index < -0.39 is 5.92 Å². The molecule has 2 rings (SSSR count). The molecule has 1 atom stereocenters. The van der Waals surface area contributed by atoms with Crippen molar-refractivity contribution in [1.29, 1.82) is 0 Å². The van der Waals surface area contributed by atoms with Gasteiger partial charge in [0, 0.05) is 7.05 Å². The molecule has 5 heteroatoms. The predicted octanol–water partition coefficient (Wildman–Crippen LogP) is 0.205. The first kappa shape index (κ1) is 7.97. The van der Waals surface area contributed by atoms with E-state index in [1.165, 1.54) is 11.2 Å². The van der Waals surface area contributed by atoms with Gasteiger partial charge in [0.05, 0.1) is 6.33 Å². The minimum atomic E-state index is -0.599. The zero-order valence-corrected chi connectivity index (χ0v) is 7.37. The number of Topliss-reactive ketones (excluding diaryl/α,β-unsaturated/α-hetero) is 1. The van der Waals surface area contributed by atoms with Gasteiger partial charge in [0.25, 0.3) is 0 Å². The number of anilines is 1.